The number of nitrogen functional groups attached to an aromatic ring is 1. The molecule has 5 heteroatoms. The normalized spacial score (nSPS) is 19.3. The molecule has 0 spiro atoms. The lowest BCUT2D eigenvalue weighted by Gasteiger charge is -2.43. The Kier molecular flexibility index (Phi) is 5.96. The van der Waals surface area contributed by atoms with Crippen LogP contribution in [-0.2, 0) is 15.9 Å². The molecule has 0 amide bonds. The maximum atomic E-state index is 6.08. The second kappa shape index (κ2) is 7.73. The van der Waals surface area contributed by atoms with Crippen LogP contribution in [0.25, 0.3) is 0 Å². The molecule has 2 rings (SSSR count). The summed E-state index contributed by atoms with van der Waals surface area (Å²) in [5.41, 5.74) is 7.77. The van der Waals surface area contributed by atoms with Crippen molar-refractivity contribution in [3.63, 3.8) is 0 Å². The molecular formula is C16H27N3O2. The number of nitrogens with one attached hydrogen (secondary N) is 1. The van der Waals surface area contributed by atoms with Crippen LogP contribution in [0.3, 0.4) is 0 Å². The average Bonchev–Trinajstić information content (AvgIpc) is 2.53. The van der Waals surface area contributed by atoms with E-state index in [2.05, 4.69) is 17.2 Å². The molecule has 0 aromatic carbocycles. The van der Waals surface area contributed by atoms with Gasteiger partial charge in [0.05, 0.1) is 5.60 Å². The molecule has 3 N–H and O–H groups in total. The first-order chi connectivity index (χ1) is 10.2. The molecule has 0 radical (unpaired) electrons. The van der Waals surface area contributed by atoms with Crippen molar-refractivity contribution >= 4 is 5.69 Å². The fourth-order valence-corrected chi connectivity index (χ4v) is 3.00. The van der Waals surface area contributed by atoms with E-state index in [1.54, 1.807) is 13.3 Å². The predicted octanol–water partition coefficient (Wildman–Crippen LogP) is 1.77. The van der Waals surface area contributed by atoms with Crippen molar-refractivity contribution in [1.29, 1.82) is 0 Å². The van der Waals surface area contributed by atoms with Crippen LogP contribution < -0.4 is 11.1 Å². The van der Waals surface area contributed by atoms with E-state index in [1.165, 1.54) is 0 Å². The lowest BCUT2D eigenvalue weighted by molar-refractivity contribution is -0.110. The van der Waals surface area contributed by atoms with E-state index < -0.39 is 0 Å². The second-order valence-corrected chi connectivity index (χ2v) is 5.67. The van der Waals surface area contributed by atoms with E-state index in [9.17, 15) is 0 Å². The number of methoxy groups -OCH3 is 1. The molecule has 1 unspecified atom stereocenters. The highest BCUT2D eigenvalue weighted by molar-refractivity contribution is 5.44. The summed E-state index contributed by atoms with van der Waals surface area (Å²) in [4.78, 5) is 4.20. The molecule has 5 nitrogen and oxygen atoms in total. The van der Waals surface area contributed by atoms with Gasteiger partial charge in [-0.3, -0.25) is 4.98 Å². The Morgan fingerprint density at radius 2 is 2.24 bits per heavy atom. The van der Waals surface area contributed by atoms with E-state index >= 15 is 0 Å². The van der Waals surface area contributed by atoms with Gasteiger partial charge >= 0.3 is 0 Å². The highest BCUT2D eigenvalue weighted by Gasteiger charge is 2.40. The molecule has 1 aliphatic heterocycles. The van der Waals surface area contributed by atoms with Crippen molar-refractivity contribution in [1.82, 2.24) is 10.3 Å². The largest absolute Gasteiger partial charge is 0.398 e. The number of ether oxygens (including phenoxy) is 2. The average molecular weight is 293 g/mol. The molecule has 1 saturated heterocycles. The molecule has 2 heterocycles. The number of pyridine rings is 1. The van der Waals surface area contributed by atoms with Gasteiger partial charge in [-0.25, -0.2) is 0 Å². The molecular weight excluding hydrogens is 266 g/mol. The van der Waals surface area contributed by atoms with E-state index in [0.717, 1.165) is 56.7 Å². The number of anilines is 1. The maximum Gasteiger partial charge on any atom is 0.0877 e. The lowest BCUT2D eigenvalue weighted by Crippen LogP contribution is -2.56. The van der Waals surface area contributed by atoms with Crippen molar-refractivity contribution < 1.29 is 9.47 Å². The van der Waals surface area contributed by atoms with Gasteiger partial charge in [0.25, 0.3) is 0 Å². The van der Waals surface area contributed by atoms with Crippen LogP contribution in [0.15, 0.2) is 18.5 Å². The Balaban J connectivity index is 2.18. The van der Waals surface area contributed by atoms with Crippen molar-refractivity contribution in [2.45, 2.75) is 44.2 Å². The molecule has 1 aliphatic rings. The third kappa shape index (κ3) is 3.93. The molecule has 1 atom stereocenters. The molecule has 21 heavy (non-hydrogen) atoms. The number of hydrogen-bond acceptors (Lipinski definition) is 5. The van der Waals surface area contributed by atoms with Gasteiger partial charge in [0.15, 0.2) is 0 Å². The van der Waals surface area contributed by atoms with Gasteiger partial charge in [0.1, 0.15) is 0 Å². The van der Waals surface area contributed by atoms with Crippen LogP contribution in [0.5, 0.6) is 0 Å². The zero-order valence-electron chi connectivity index (χ0n) is 13.1. The van der Waals surface area contributed by atoms with Crippen LogP contribution in [0.1, 0.15) is 31.7 Å². The van der Waals surface area contributed by atoms with Gasteiger partial charge in [0.2, 0.25) is 0 Å². The van der Waals surface area contributed by atoms with Crippen molar-refractivity contribution in [3.8, 4) is 0 Å². The summed E-state index contributed by atoms with van der Waals surface area (Å²) >= 11 is 0. The first kappa shape index (κ1) is 16.2. The summed E-state index contributed by atoms with van der Waals surface area (Å²) in [6.45, 7) is 4.64. The van der Waals surface area contributed by atoms with Gasteiger partial charge in [-0.15, -0.1) is 0 Å². The first-order valence-corrected chi connectivity index (χ1v) is 7.76. The monoisotopic (exact) mass is 293 g/mol. The second-order valence-electron chi connectivity index (χ2n) is 5.67. The van der Waals surface area contributed by atoms with E-state index in [1.807, 2.05) is 12.3 Å². The minimum Gasteiger partial charge on any atom is -0.398 e. The maximum absolute atomic E-state index is 6.08. The minimum absolute atomic E-state index is 0.185. The smallest absolute Gasteiger partial charge is 0.0877 e. The van der Waals surface area contributed by atoms with Gasteiger partial charge in [-0.1, -0.05) is 6.92 Å². The summed E-state index contributed by atoms with van der Waals surface area (Å²) in [6, 6.07) is 2.08. The van der Waals surface area contributed by atoms with Crippen LogP contribution in [-0.4, -0.2) is 43.5 Å². The quantitative estimate of drug-likeness (QED) is 0.802. The number of aromatic nitrogens is 1. The Morgan fingerprint density at radius 3 is 2.86 bits per heavy atom. The van der Waals surface area contributed by atoms with Crippen LogP contribution in [0, 0.1) is 0 Å². The molecule has 1 aromatic heterocycles. The number of hydrogen-bond donors (Lipinski definition) is 2. The van der Waals surface area contributed by atoms with E-state index in [0.29, 0.717) is 0 Å². The lowest BCUT2D eigenvalue weighted by atomic mass is 9.82. The Bertz CT molecular complexity index is 433. The molecule has 1 aromatic rings. The highest BCUT2D eigenvalue weighted by Crippen LogP contribution is 2.31. The van der Waals surface area contributed by atoms with Gasteiger partial charge in [-0.2, -0.15) is 0 Å². The summed E-state index contributed by atoms with van der Waals surface area (Å²) in [6.07, 6.45) is 7.32. The number of rotatable bonds is 7. The van der Waals surface area contributed by atoms with Crippen molar-refractivity contribution in [2.24, 2.45) is 0 Å². The summed E-state index contributed by atoms with van der Waals surface area (Å²) < 4.78 is 11.5. The van der Waals surface area contributed by atoms with Crippen LogP contribution in [0.4, 0.5) is 5.69 Å². The zero-order chi connectivity index (χ0) is 15.1. The molecule has 0 aliphatic carbocycles. The fourth-order valence-electron chi connectivity index (χ4n) is 3.00. The van der Waals surface area contributed by atoms with Crippen LogP contribution in [0.2, 0.25) is 0 Å². The number of nitrogens with two attached hydrogens (primary N) is 1. The van der Waals surface area contributed by atoms with Crippen molar-refractivity contribution in [3.05, 3.63) is 24.0 Å². The Labute approximate surface area is 127 Å². The number of nitrogens with zero attached hydrogens (tertiary/aromatic N) is 1. The van der Waals surface area contributed by atoms with Gasteiger partial charge in [0, 0.05) is 57.3 Å². The Hall–Kier alpha value is -1.17. The first-order valence-electron chi connectivity index (χ1n) is 7.76. The van der Waals surface area contributed by atoms with Gasteiger partial charge < -0.3 is 20.5 Å². The molecule has 118 valence electrons. The molecule has 0 bridgehead atoms. The summed E-state index contributed by atoms with van der Waals surface area (Å²) in [7, 11) is 1.80. The fraction of sp³-hybridized carbons (Fsp3) is 0.688. The van der Waals surface area contributed by atoms with Crippen LogP contribution >= 0.6 is 0 Å². The molecule has 0 saturated carbocycles. The van der Waals surface area contributed by atoms with E-state index in [4.69, 9.17) is 15.2 Å². The standard InChI is InChI=1S/C16H27N3O2/c1-3-7-19-15(11-13-12-18-8-4-14(13)17)16(20-2)5-9-21-10-6-16/h4,8,12,15,19H,3,5-7,9-11H2,1-2H3,(H2,17,18). The van der Waals surface area contributed by atoms with E-state index in [-0.39, 0.29) is 11.6 Å². The highest BCUT2D eigenvalue weighted by atomic mass is 16.5. The minimum atomic E-state index is -0.185. The summed E-state index contributed by atoms with van der Waals surface area (Å²) in [5.74, 6) is 0. The predicted molar refractivity (Wildman–Crippen MR) is 84.2 cm³/mol. The van der Waals surface area contributed by atoms with Crippen molar-refractivity contribution in [2.75, 3.05) is 32.6 Å². The SMILES string of the molecule is CCCNC(Cc1cnccc1N)C1(OC)CCOCC1. The topological polar surface area (TPSA) is 69.4 Å². The molecule has 1 fully saturated rings. The third-order valence-corrected chi connectivity index (χ3v) is 4.39. The zero-order valence-corrected chi connectivity index (χ0v) is 13.1. The summed E-state index contributed by atoms with van der Waals surface area (Å²) in [5, 5.41) is 3.64. The third-order valence-electron chi connectivity index (χ3n) is 4.39. The Morgan fingerprint density at radius 1 is 1.48 bits per heavy atom. The van der Waals surface area contributed by atoms with Gasteiger partial charge in [-0.05, 0) is 31.0 Å².